The Kier molecular flexibility index (Phi) is 6.68. The third kappa shape index (κ3) is 5.25. The molecule has 0 atom stereocenters. The molecular formula is C23H25F2N3O3. The van der Waals surface area contributed by atoms with E-state index < -0.39 is 23.0 Å². The molecule has 8 heteroatoms. The number of nitrogens with one attached hydrogen (secondary N) is 1. The van der Waals surface area contributed by atoms with E-state index in [9.17, 15) is 23.2 Å². The van der Waals surface area contributed by atoms with E-state index in [2.05, 4.69) is 5.32 Å². The van der Waals surface area contributed by atoms with Gasteiger partial charge in [-0.1, -0.05) is 30.3 Å². The van der Waals surface area contributed by atoms with Crippen LogP contribution < -0.4 is 5.32 Å². The summed E-state index contributed by atoms with van der Waals surface area (Å²) in [7, 11) is 0. The van der Waals surface area contributed by atoms with Crippen LogP contribution in [0.15, 0.2) is 48.5 Å². The number of hydrogen-bond acceptors (Lipinski definition) is 3. The van der Waals surface area contributed by atoms with E-state index in [4.69, 9.17) is 0 Å². The topological polar surface area (TPSA) is 69.7 Å². The standard InChI is InChI=1S/C23H25F2N3O3/c1-23(2,17-6-4-3-5-7-17)22(31)28-10-8-27(9-11-28)20(29)15-26-21(30)16-12-18(24)14-19(25)13-16/h3-7,12-14H,8-11,15H2,1-2H3,(H,26,30). The maximum absolute atomic E-state index is 13.2. The van der Waals surface area contributed by atoms with E-state index in [0.717, 1.165) is 17.7 Å². The van der Waals surface area contributed by atoms with Crippen molar-refractivity contribution in [3.63, 3.8) is 0 Å². The number of benzene rings is 2. The average Bonchev–Trinajstić information content (AvgIpc) is 2.76. The first kappa shape index (κ1) is 22.4. The molecule has 31 heavy (non-hydrogen) atoms. The van der Waals surface area contributed by atoms with Crippen molar-refractivity contribution in [1.82, 2.24) is 15.1 Å². The second-order valence-corrected chi connectivity index (χ2v) is 8.00. The summed E-state index contributed by atoms with van der Waals surface area (Å²) >= 11 is 0. The Morgan fingerprint density at radius 3 is 2.03 bits per heavy atom. The van der Waals surface area contributed by atoms with E-state index in [0.29, 0.717) is 32.2 Å². The smallest absolute Gasteiger partial charge is 0.251 e. The highest BCUT2D eigenvalue weighted by Gasteiger charge is 2.35. The molecule has 2 aromatic carbocycles. The number of carbonyl (C=O) groups is 3. The molecule has 1 fully saturated rings. The summed E-state index contributed by atoms with van der Waals surface area (Å²) in [6.07, 6.45) is 0. The lowest BCUT2D eigenvalue weighted by atomic mass is 9.83. The monoisotopic (exact) mass is 429 g/mol. The summed E-state index contributed by atoms with van der Waals surface area (Å²) in [5.74, 6) is -2.79. The summed E-state index contributed by atoms with van der Waals surface area (Å²) in [5.41, 5.74) is 0.0561. The van der Waals surface area contributed by atoms with Crippen molar-refractivity contribution < 1.29 is 23.2 Å². The summed E-state index contributed by atoms with van der Waals surface area (Å²) < 4.78 is 26.5. The van der Waals surface area contributed by atoms with Gasteiger partial charge in [-0.3, -0.25) is 14.4 Å². The van der Waals surface area contributed by atoms with E-state index in [1.54, 1.807) is 9.80 Å². The van der Waals surface area contributed by atoms with Crippen molar-refractivity contribution in [2.75, 3.05) is 32.7 Å². The Balaban J connectivity index is 1.51. The van der Waals surface area contributed by atoms with Gasteiger partial charge in [-0.15, -0.1) is 0 Å². The number of nitrogens with zero attached hydrogens (tertiary/aromatic N) is 2. The van der Waals surface area contributed by atoms with Crippen molar-refractivity contribution in [2.24, 2.45) is 0 Å². The zero-order valence-corrected chi connectivity index (χ0v) is 17.5. The Hall–Kier alpha value is -3.29. The number of hydrogen-bond donors (Lipinski definition) is 1. The van der Waals surface area contributed by atoms with Crippen LogP contribution in [0.3, 0.4) is 0 Å². The molecule has 0 spiro atoms. The molecule has 1 saturated heterocycles. The minimum absolute atomic E-state index is 0.00719. The van der Waals surface area contributed by atoms with Crippen LogP contribution in [-0.2, 0) is 15.0 Å². The van der Waals surface area contributed by atoms with Gasteiger partial charge in [-0.25, -0.2) is 8.78 Å². The van der Waals surface area contributed by atoms with Crippen LogP contribution in [0, 0.1) is 11.6 Å². The third-order valence-corrected chi connectivity index (χ3v) is 5.47. The second-order valence-electron chi connectivity index (χ2n) is 8.00. The highest BCUT2D eigenvalue weighted by molar-refractivity contribution is 5.96. The van der Waals surface area contributed by atoms with Crippen molar-refractivity contribution in [2.45, 2.75) is 19.3 Å². The van der Waals surface area contributed by atoms with Gasteiger partial charge in [0.2, 0.25) is 11.8 Å². The molecule has 0 unspecified atom stereocenters. The fourth-order valence-corrected chi connectivity index (χ4v) is 3.59. The average molecular weight is 429 g/mol. The first-order chi connectivity index (χ1) is 14.7. The van der Waals surface area contributed by atoms with Crippen molar-refractivity contribution in [1.29, 1.82) is 0 Å². The second kappa shape index (κ2) is 9.24. The molecule has 0 saturated carbocycles. The third-order valence-electron chi connectivity index (χ3n) is 5.47. The molecular weight excluding hydrogens is 404 g/mol. The summed E-state index contributed by atoms with van der Waals surface area (Å²) in [6.45, 7) is 4.95. The number of piperazine rings is 1. The van der Waals surface area contributed by atoms with Gasteiger partial charge in [0, 0.05) is 37.8 Å². The van der Waals surface area contributed by atoms with Gasteiger partial charge in [-0.2, -0.15) is 0 Å². The molecule has 1 N–H and O–H groups in total. The zero-order chi connectivity index (χ0) is 22.6. The normalized spacial score (nSPS) is 14.3. The zero-order valence-electron chi connectivity index (χ0n) is 17.5. The first-order valence-corrected chi connectivity index (χ1v) is 10.1. The van der Waals surface area contributed by atoms with Crippen molar-refractivity contribution >= 4 is 17.7 Å². The fourth-order valence-electron chi connectivity index (χ4n) is 3.59. The highest BCUT2D eigenvalue weighted by Crippen LogP contribution is 2.26. The van der Waals surface area contributed by atoms with Crippen molar-refractivity contribution in [3.05, 3.63) is 71.3 Å². The SMILES string of the molecule is CC(C)(C(=O)N1CCN(C(=O)CNC(=O)c2cc(F)cc(F)c2)CC1)c1ccccc1. The van der Waals surface area contributed by atoms with Crippen LogP contribution in [0.4, 0.5) is 8.78 Å². The van der Waals surface area contributed by atoms with E-state index in [-0.39, 0.29) is 23.9 Å². The Morgan fingerprint density at radius 1 is 0.903 bits per heavy atom. The molecule has 0 aliphatic carbocycles. The molecule has 0 aromatic heterocycles. The Morgan fingerprint density at radius 2 is 1.45 bits per heavy atom. The largest absolute Gasteiger partial charge is 0.343 e. The van der Waals surface area contributed by atoms with Gasteiger partial charge < -0.3 is 15.1 Å². The van der Waals surface area contributed by atoms with Gasteiger partial charge in [0.1, 0.15) is 11.6 Å². The van der Waals surface area contributed by atoms with Crippen LogP contribution >= 0.6 is 0 Å². The van der Waals surface area contributed by atoms with Gasteiger partial charge >= 0.3 is 0 Å². The van der Waals surface area contributed by atoms with E-state index >= 15 is 0 Å². The molecule has 1 aliphatic heterocycles. The maximum atomic E-state index is 13.2. The van der Waals surface area contributed by atoms with E-state index in [1.165, 1.54) is 0 Å². The summed E-state index contributed by atoms with van der Waals surface area (Å²) in [4.78, 5) is 40.8. The molecule has 0 radical (unpaired) electrons. The molecule has 1 heterocycles. The Bertz CT molecular complexity index is 951. The molecule has 164 valence electrons. The molecule has 6 nitrogen and oxygen atoms in total. The van der Waals surface area contributed by atoms with E-state index in [1.807, 2.05) is 44.2 Å². The van der Waals surface area contributed by atoms with Gasteiger partial charge in [0.15, 0.2) is 0 Å². The van der Waals surface area contributed by atoms with Crippen molar-refractivity contribution in [3.8, 4) is 0 Å². The minimum Gasteiger partial charge on any atom is -0.343 e. The molecule has 2 aromatic rings. The Labute approximate surface area is 179 Å². The van der Waals surface area contributed by atoms with Crippen LogP contribution in [0.25, 0.3) is 0 Å². The fraction of sp³-hybridized carbons (Fsp3) is 0.348. The molecule has 3 amide bonds. The van der Waals surface area contributed by atoms with Crippen LogP contribution in [-0.4, -0.2) is 60.2 Å². The predicted molar refractivity (Wildman–Crippen MR) is 111 cm³/mol. The molecule has 0 bridgehead atoms. The lowest BCUT2D eigenvalue weighted by Gasteiger charge is -2.38. The summed E-state index contributed by atoms with van der Waals surface area (Å²) in [6, 6.07) is 12.0. The van der Waals surface area contributed by atoms with Crippen LogP contribution in [0.1, 0.15) is 29.8 Å². The minimum atomic E-state index is -0.865. The molecule has 1 aliphatic rings. The number of halogens is 2. The van der Waals surface area contributed by atoms with Crippen LogP contribution in [0.2, 0.25) is 0 Å². The van der Waals surface area contributed by atoms with Gasteiger partial charge in [0.25, 0.3) is 5.91 Å². The lowest BCUT2D eigenvalue weighted by Crippen LogP contribution is -2.55. The summed E-state index contributed by atoms with van der Waals surface area (Å²) in [5, 5.41) is 2.39. The first-order valence-electron chi connectivity index (χ1n) is 10.1. The van der Waals surface area contributed by atoms with Gasteiger partial charge in [0.05, 0.1) is 12.0 Å². The van der Waals surface area contributed by atoms with Crippen LogP contribution in [0.5, 0.6) is 0 Å². The quantitative estimate of drug-likeness (QED) is 0.793. The number of carbonyl (C=O) groups excluding carboxylic acids is 3. The predicted octanol–water partition coefficient (Wildman–Crippen LogP) is 2.34. The maximum Gasteiger partial charge on any atom is 0.251 e. The highest BCUT2D eigenvalue weighted by atomic mass is 19.1. The lowest BCUT2D eigenvalue weighted by molar-refractivity contribution is -0.142. The number of rotatable bonds is 5. The van der Waals surface area contributed by atoms with Gasteiger partial charge in [-0.05, 0) is 31.5 Å². The molecule has 3 rings (SSSR count). The number of amides is 3.